The van der Waals surface area contributed by atoms with Crippen molar-refractivity contribution >= 4 is 30.0 Å². The number of halogens is 1. The van der Waals surface area contributed by atoms with Crippen LogP contribution in [0.4, 0.5) is 5.82 Å². The van der Waals surface area contributed by atoms with Gasteiger partial charge in [-0.05, 0) is 13.0 Å². The van der Waals surface area contributed by atoms with Crippen molar-refractivity contribution in [2.24, 2.45) is 0 Å². The van der Waals surface area contributed by atoms with E-state index in [9.17, 15) is 0 Å². The molecule has 6 heteroatoms. The predicted molar refractivity (Wildman–Crippen MR) is 71.8 cm³/mol. The van der Waals surface area contributed by atoms with Crippen molar-refractivity contribution in [3.63, 3.8) is 0 Å². The molecule has 0 amide bonds. The van der Waals surface area contributed by atoms with Crippen LogP contribution in [0.3, 0.4) is 0 Å². The van der Waals surface area contributed by atoms with Crippen LogP contribution < -0.4 is 5.32 Å². The van der Waals surface area contributed by atoms with Crippen LogP contribution in [-0.2, 0) is 0 Å². The molecule has 0 fully saturated rings. The Kier molecular flexibility index (Phi) is 3.49. The lowest BCUT2D eigenvalue weighted by Gasteiger charge is -2.09. The smallest absolute Gasteiger partial charge is 0.145 e. The van der Waals surface area contributed by atoms with E-state index in [0.29, 0.717) is 21.6 Å². The Morgan fingerprint density at radius 3 is 2.82 bits per heavy atom. The molecule has 0 spiro atoms. The lowest BCUT2D eigenvalue weighted by molar-refractivity contribution is 1.02. The number of pyridine rings is 1. The number of hydrogen-bond donors (Lipinski definition) is 2. The average molecular weight is 267 g/mol. The van der Waals surface area contributed by atoms with E-state index in [1.54, 1.807) is 25.5 Å². The third-order valence-corrected chi connectivity index (χ3v) is 2.96. The number of aromatic nitrogens is 3. The van der Waals surface area contributed by atoms with Gasteiger partial charge in [0.15, 0.2) is 0 Å². The van der Waals surface area contributed by atoms with E-state index in [0.717, 1.165) is 11.3 Å². The van der Waals surface area contributed by atoms with Crippen LogP contribution in [0.5, 0.6) is 0 Å². The van der Waals surface area contributed by atoms with Gasteiger partial charge in [-0.25, -0.2) is 15.0 Å². The second-order valence-electron chi connectivity index (χ2n) is 3.45. The van der Waals surface area contributed by atoms with Crippen molar-refractivity contribution in [1.82, 2.24) is 15.0 Å². The quantitative estimate of drug-likeness (QED) is 0.821. The zero-order valence-corrected chi connectivity index (χ0v) is 11.0. The second-order valence-corrected chi connectivity index (χ2v) is 4.26. The van der Waals surface area contributed by atoms with Crippen molar-refractivity contribution in [1.29, 1.82) is 0 Å². The van der Waals surface area contributed by atoms with E-state index >= 15 is 0 Å². The molecule has 0 bridgehead atoms. The van der Waals surface area contributed by atoms with Crippen molar-refractivity contribution in [2.75, 3.05) is 12.4 Å². The van der Waals surface area contributed by atoms with Crippen LogP contribution >= 0.6 is 24.2 Å². The topological polar surface area (TPSA) is 50.7 Å². The minimum atomic E-state index is 0.519. The first-order chi connectivity index (χ1) is 8.13. The molecule has 0 radical (unpaired) electrons. The molecule has 0 aromatic carbocycles. The SMILES string of the molecule is CNc1nccc(-c2nc(C)cnc2S)c1Cl. The van der Waals surface area contributed by atoms with E-state index in [4.69, 9.17) is 11.6 Å². The fraction of sp³-hybridized carbons (Fsp3) is 0.182. The van der Waals surface area contributed by atoms with Crippen LogP contribution in [0.25, 0.3) is 11.3 Å². The molecule has 0 saturated heterocycles. The molecule has 2 rings (SSSR count). The molecule has 0 saturated carbocycles. The Bertz CT molecular complexity index is 559. The number of rotatable bonds is 2. The highest BCUT2D eigenvalue weighted by Crippen LogP contribution is 2.33. The number of nitrogens with zero attached hydrogens (tertiary/aromatic N) is 3. The molecule has 17 heavy (non-hydrogen) atoms. The predicted octanol–water partition coefficient (Wildman–Crippen LogP) is 2.83. The summed E-state index contributed by atoms with van der Waals surface area (Å²) in [4.78, 5) is 12.7. The van der Waals surface area contributed by atoms with Gasteiger partial charge in [-0.15, -0.1) is 12.6 Å². The zero-order valence-electron chi connectivity index (χ0n) is 9.40. The Hall–Kier alpha value is -1.33. The molecular formula is C11H11ClN4S. The Morgan fingerprint density at radius 1 is 1.35 bits per heavy atom. The third kappa shape index (κ3) is 2.35. The van der Waals surface area contributed by atoms with Gasteiger partial charge in [0, 0.05) is 25.0 Å². The number of aryl methyl sites for hydroxylation is 1. The Morgan fingerprint density at radius 2 is 2.12 bits per heavy atom. The molecule has 0 atom stereocenters. The summed E-state index contributed by atoms with van der Waals surface area (Å²) in [5, 5.41) is 3.99. The van der Waals surface area contributed by atoms with Crippen LogP contribution in [0.1, 0.15) is 5.69 Å². The maximum Gasteiger partial charge on any atom is 0.145 e. The molecule has 4 nitrogen and oxygen atoms in total. The summed E-state index contributed by atoms with van der Waals surface area (Å²) in [5.74, 6) is 0.611. The third-order valence-electron chi connectivity index (χ3n) is 2.25. The molecule has 1 N–H and O–H groups in total. The van der Waals surface area contributed by atoms with Crippen molar-refractivity contribution < 1.29 is 0 Å². The minimum Gasteiger partial charge on any atom is -0.372 e. The first-order valence-electron chi connectivity index (χ1n) is 4.98. The molecule has 88 valence electrons. The van der Waals surface area contributed by atoms with Crippen LogP contribution in [-0.4, -0.2) is 22.0 Å². The van der Waals surface area contributed by atoms with Crippen LogP contribution in [0, 0.1) is 6.92 Å². The summed E-state index contributed by atoms with van der Waals surface area (Å²) in [5.41, 5.74) is 2.25. The molecule has 2 aromatic rings. The highest BCUT2D eigenvalue weighted by Gasteiger charge is 2.13. The first kappa shape index (κ1) is 12.1. The van der Waals surface area contributed by atoms with Crippen molar-refractivity contribution in [3.05, 3.63) is 29.2 Å². The van der Waals surface area contributed by atoms with Gasteiger partial charge in [0.25, 0.3) is 0 Å². The van der Waals surface area contributed by atoms with Gasteiger partial charge in [-0.2, -0.15) is 0 Å². The minimum absolute atomic E-state index is 0.519. The highest BCUT2D eigenvalue weighted by atomic mass is 35.5. The summed E-state index contributed by atoms with van der Waals surface area (Å²) in [6.07, 6.45) is 3.34. The molecular weight excluding hydrogens is 256 g/mol. The number of thiol groups is 1. The van der Waals surface area contributed by atoms with Gasteiger partial charge >= 0.3 is 0 Å². The first-order valence-corrected chi connectivity index (χ1v) is 5.81. The van der Waals surface area contributed by atoms with Crippen LogP contribution in [0.15, 0.2) is 23.5 Å². The van der Waals surface area contributed by atoms with Crippen molar-refractivity contribution in [3.8, 4) is 11.3 Å². The Labute approximate surface area is 110 Å². The molecule has 0 unspecified atom stereocenters. The maximum atomic E-state index is 6.24. The summed E-state index contributed by atoms with van der Waals surface area (Å²) in [7, 11) is 1.77. The normalized spacial score (nSPS) is 10.4. The van der Waals surface area contributed by atoms with E-state index in [-0.39, 0.29) is 0 Å². The Balaban J connectivity index is 2.64. The molecule has 2 aromatic heterocycles. The van der Waals surface area contributed by atoms with E-state index in [2.05, 4.69) is 32.9 Å². The molecule has 0 aliphatic carbocycles. The van der Waals surface area contributed by atoms with Gasteiger partial charge in [-0.1, -0.05) is 11.6 Å². The number of hydrogen-bond acceptors (Lipinski definition) is 5. The molecule has 0 aliphatic rings. The summed E-state index contributed by atoms with van der Waals surface area (Å²) in [6, 6.07) is 1.80. The molecule has 2 heterocycles. The maximum absolute atomic E-state index is 6.24. The average Bonchev–Trinajstić information content (AvgIpc) is 2.33. The lowest BCUT2D eigenvalue weighted by Crippen LogP contribution is -1.97. The lowest BCUT2D eigenvalue weighted by atomic mass is 10.2. The number of nitrogens with one attached hydrogen (secondary N) is 1. The van der Waals surface area contributed by atoms with E-state index in [1.807, 2.05) is 6.92 Å². The fourth-order valence-electron chi connectivity index (χ4n) is 1.45. The van der Waals surface area contributed by atoms with Gasteiger partial charge in [0.05, 0.1) is 10.7 Å². The molecule has 0 aliphatic heterocycles. The fourth-order valence-corrected chi connectivity index (χ4v) is 1.98. The highest BCUT2D eigenvalue weighted by molar-refractivity contribution is 7.80. The van der Waals surface area contributed by atoms with Crippen LogP contribution in [0.2, 0.25) is 5.02 Å². The van der Waals surface area contributed by atoms with Gasteiger partial charge in [-0.3, -0.25) is 0 Å². The second kappa shape index (κ2) is 4.89. The van der Waals surface area contributed by atoms with Gasteiger partial charge in [0.1, 0.15) is 16.5 Å². The number of anilines is 1. The summed E-state index contributed by atoms with van der Waals surface area (Å²) in [6.45, 7) is 1.87. The standard InChI is InChI=1S/C11H11ClN4S/c1-6-5-15-11(17)9(16-6)7-3-4-14-10(13-2)8(7)12/h3-5H,1-2H3,(H,13,14)(H,15,17). The largest absolute Gasteiger partial charge is 0.372 e. The zero-order chi connectivity index (χ0) is 12.4. The van der Waals surface area contributed by atoms with Gasteiger partial charge < -0.3 is 5.32 Å². The van der Waals surface area contributed by atoms with Gasteiger partial charge in [0.2, 0.25) is 0 Å². The summed E-state index contributed by atoms with van der Waals surface area (Å²) < 4.78 is 0. The van der Waals surface area contributed by atoms with Crippen molar-refractivity contribution in [2.45, 2.75) is 11.9 Å². The van der Waals surface area contributed by atoms with E-state index < -0.39 is 0 Å². The van der Waals surface area contributed by atoms with E-state index in [1.165, 1.54) is 0 Å². The monoisotopic (exact) mass is 266 g/mol. The summed E-state index contributed by atoms with van der Waals surface area (Å²) >= 11 is 10.5.